The molecule has 0 spiro atoms. The quantitative estimate of drug-likeness (QED) is 0.467. The summed E-state index contributed by atoms with van der Waals surface area (Å²) in [5.41, 5.74) is 0. The molecule has 13 heavy (non-hydrogen) atoms. The molecule has 0 aromatic heterocycles. The molecule has 0 rings (SSSR count). The van der Waals surface area contributed by atoms with Crippen LogP contribution < -0.4 is 0 Å². The molecule has 0 aliphatic carbocycles. The standard InChI is InChI=1S/C10H23ClOSi/c1-5-10(11)8-7-9-13(3,4)12-6-2/h10H,5-9H2,1-4H3. The van der Waals surface area contributed by atoms with Gasteiger partial charge >= 0.3 is 0 Å². The van der Waals surface area contributed by atoms with Crippen LogP contribution >= 0.6 is 11.6 Å². The lowest BCUT2D eigenvalue weighted by Gasteiger charge is -2.22. The van der Waals surface area contributed by atoms with Gasteiger partial charge in [-0.2, -0.15) is 0 Å². The van der Waals surface area contributed by atoms with Gasteiger partial charge in [-0.25, -0.2) is 0 Å². The fourth-order valence-electron chi connectivity index (χ4n) is 1.42. The SMILES string of the molecule is CCO[Si](C)(C)CCCC(Cl)CC. The van der Waals surface area contributed by atoms with E-state index >= 15 is 0 Å². The van der Waals surface area contributed by atoms with E-state index in [0.29, 0.717) is 5.38 Å². The fourth-order valence-corrected chi connectivity index (χ4v) is 3.55. The highest BCUT2D eigenvalue weighted by molar-refractivity contribution is 6.71. The maximum atomic E-state index is 6.05. The van der Waals surface area contributed by atoms with Crippen LogP contribution in [0.15, 0.2) is 0 Å². The first-order chi connectivity index (χ1) is 6.02. The van der Waals surface area contributed by atoms with Gasteiger partial charge in [-0.3, -0.25) is 0 Å². The van der Waals surface area contributed by atoms with Gasteiger partial charge in [0.2, 0.25) is 0 Å². The predicted octanol–water partition coefficient (Wildman–Crippen LogP) is 4.03. The third-order valence-corrected chi connectivity index (χ3v) is 5.43. The number of alkyl halides is 1. The first-order valence-corrected chi connectivity index (χ1v) is 8.85. The van der Waals surface area contributed by atoms with Crippen molar-refractivity contribution >= 4 is 19.9 Å². The van der Waals surface area contributed by atoms with Gasteiger partial charge < -0.3 is 4.43 Å². The summed E-state index contributed by atoms with van der Waals surface area (Å²) < 4.78 is 5.74. The van der Waals surface area contributed by atoms with Gasteiger partial charge in [0.1, 0.15) is 0 Å². The van der Waals surface area contributed by atoms with E-state index in [1.165, 1.54) is 12.5 Å². The van der Waals surface area contributed by atoms with Crippen molar-refractivity contribution in [1.29, 1.82) is 0 Å². The Kier molecular flexibility index (Phi) is 7.10. The fraction of sp³-hybridized carbons (Fsp3) is 1.00. The largest absolute Gasteiger partial charge is 0.418 e. The van der Waals surface area contributed by atoms with Gasteiger partial charge in [-0.1, -0.05) is 13.3 Å². The number of halogens is 1. The molecule has 1 atom stereocenters. The first-order valence-electron chi connectivity index (χ1n) is 5.30. The van der Waals surface area contributed by atoms with Crippen molar-refractivity contribution in [1.82, 2.24) is 0 Å². The first kappa shape index (κ1) is 13.5. The molecule has 0 fully saturated rings. The number of hydrogen-bond acceptors (Lipinski definition) is 1. The molecule has 0 saturated carbocycles. The molecule has 0 aliphatic heterocycles. The lowest BCUT2D eigenvalue weighted by molar-refractivity contribution is 0.327. The zero-order chi connectivity index (χ0) is 10.3. The second-order valence-corrected chi connectivity index (χ2v) is 9.02. The van der Waals surface area contributed by atoms with Crippen molar-refractivity contribution < 1.29 is 4.43 Å². The summed E-state index contributed by atoms with van der Waals surface area (Å²) >= 11 is 6.05. The van der Waals surface area contributed by atoms with Gasteiger partial charge in [-0.05, 0) is 38.9 Å². The number of hydrogen-bond donors (Lipinski definition) is 0. The molecule has 0 amide bonds. The molecule has 1 unspecified atom stereocenters. The van der Waals surface area contributed by atoms with E-state index in [-0.39, 0.29) is 0 Å². The molecule has 0 aliphatic rings. The Balaban J connectivity index is 3.50. The molecular formula is C10H23ClOSi. The maximum absolute atomic E-state index is 6.05. The molecule has 3 heteroatoms. The van der Waals surface area contributed by atoms with Crippen LogP contribution in [0, 0.1) is 0 Å². The maximum Gasteiger partial charge on any atom is 0.186 e. The topological polar surface area (TPSA) is 9.23 Å². The molecule has 0 bridgehead atoms. The summed E-state index contributed by atoms with van der Waals surface area (Å²) in [5.74, 6) is 0. The molecule has 80 valence electrons. The Bertz CT molecular complexity index is 128. The van der Waals surface area contributed by atoms with E-state index in [1.54, 1.807) is 0 Å². The minimum absolute atomic E-state index is 0.367. The molecule has 0 saturated heterocycles. The van der Waals surface area contributed by atoms with Crippen LogP contribution in [0.25, 0.3) is 0 Å². The van der Waals surface area contributed by atoms with Crippen LogP contribution in [0.5, 0.6) is 0 Å². The average Bonchev–Trinajstić information content (AvgIpc) is 2.03. The highest BCUT2D eigenvalue weighted by Crippen LogP contribution is 2.18. The van der Waals surface area contributed by atoms with E-state index in [2.05, 4.69) is 26.9 Å². The zero-order valence-corrected chi connectivity index (χ0v) is 11.2. The molecule has 0 aromatic carbocycles. The van der Waals surface area contributed by atoms with E-state index < -0.39 is 8.32 Å². The van der Waals surface area contributed by atoms with E-state index in [0.717, 1.165) is 19.4 Å². The Morgan fingerprint density at radius 3 is 2.38 bits per heavy atom. The Labute approximate surface area is 88.9 Å². The lowest BCUT2D eigenvalue weighted by Crippen LogP contribution is -2.30. The second-order valence-electron chi connectivity index (χ2n) is 4.09. The Morgan fingerprint density at radius 2 is 1.92 bits per heavy atom. The van der Waals surface area contributed by atoms with Crippen LogP contribution in [-0.2, 0) is 4.43 Å². The minimum Gasteiger partial charge on any atom is -0.418 e. The van der Waals surface area contributed by atoms with Crippen LogP contribution in [0.2, 0.25) is 19.1 Å². The average molecular weight is 223 g/mol. The molecule has 0 heterocycles. The highest BCUT2D eigenvalue weighted by Gasteiger charge is 2.21. The van der Waals surface area contributed by atoms with Gasteiger partial charge in [0, 0.05) is 12.0 Å². The monoisotopic (exact) mass is 222 g/mol. The van der Waals surface area contributed by atoms with Crippen molar-refractivity contribution in [3.63, 3.8) is 0 Å². The Morgan fingerprint density at radius 1 is 1.31 bits per heavy atom. The number of rotatable bonds is 7. The smallest absolute Gasteiger partial charge is 0.186 e. The van der Waals surface area contributed by atoms with Crippen molar-refractivity contribution in [2.24, 2.45) is 0 Å². The van der Waals surface area contributed by atoms with Crippen molar-refractivity contribution in [3.8, 4) is 0 Å². The van der Waals surface area contributed by atoms with Gasteiger partial charge in [-0.15, -0.1) is 11.6 Å². The van der Waals surface area contributed by atoms with E-state index in [1.807, 2.05) is 0 Å². The third-order valence-electron chi connectivity index (χ3n) is 2.27. The Hall–Kier alpha value is 0.467. The summed E-state index contributed by atoms with van der Waals surface area (Å²) in [6.07, 6.45) is 3.45. The highest BCUT2D eigenvalue weighted by atomic mass is 35.5. The second kappa shape index (κ2) is 6.85. The van der Waals surface area contributed by atoms with Crippen molar-refractivity contribution in [2.75, 3.05) is 6.61 Å². The van der Waals surface area contributed by atoms with Crippen LogP contribution in [0.3, 0.4) is 0 Å². The van der Waals surface area contributed by atoms with Gasteiger partial charge in [0.25, 0.3) is 0 Å². The molecular weight excluding hydrogens is 200 g/mol. The molecule has 0 N–H and O–H groups in total. The normalized spacial score (nSPS) is 14.5. The summed E-state index contributed by atoms with van der Waals surface area (Å²) in [5, 5.41) is 0.367. The van der Waals surface area contributed by atoms with Gasteiger partial charge in [0.15, 0.2) is 8.32 Å². The minimum atomic E-state index is -1.34. The van der Waals surface area contributed by atoms with Crippen LogP contribution in [0.4, 0.5) is 0 Å². The zero-order valence-electron chi connectivity index (χ0n) is 9.40. The summed E-state index contributed by atoms with van der Waals surface area (Å²) in [7, 11) is -1.34. The molecule has 0 aromatic rings. The van der Waals surface area contributed by atoms with Gasteiger partial charge in [0.05, 0.1) is 0 Å². The van der Waals surface area contributed by atoms with E-state index in [4.69, 9.17) is 16.0 Å². The summed E-state index contributed by atoms with van der Waals surface area (Å²) in [6, 6.07) is 1.24. The lowest BCUT2D eigenvalue weighted by atomic mass is 10.2. The molecule has 1 nitrogen and oxygen atoms in total. The van der Waals surface area contributed by atoms with Crippen LogP contribution in [-0.4, -0.2) is 20.3 Å². The third kappa shape index (κ3) is 7.53. The van der Waals surface area contributed by atoms with Crippen molar-refractivity contribution in [2.45, 2.75) is 57.6 Å². The van der Waals surface area contributed by atoms with Crippen molar-refractivity contribution in [3.05, 3.63) is 0 Å². The summed E-state index contributed by atoms with van der Waals surface area (Å²) in [4.78, 5) is 0. The van der Waals surface area contributed by atoms with E-state index in [9.17, 15) is 0 Å². The predicted molar refractivity (Wildman–Crippen MR) is 63.1 cm³/mol. The molecule has 0 radical (unpaired) electrons. The van der Waals surface area contributed by atoms with Crippen LogP contribution in [0.1, 0.15) is 33.1 Å². The summed E-state index contributed by atoms with van der Waals surface area (Å²) in [6.45, 7) is 9.64.